The molecule has 8 aromatic rings. The molecule has 95 heavy (non-hydrogen) atoms. The fourth-order valence-corrected chi connectivity index (χ4v) is 9.28. The lowest BCUT2D eigenvalue weighted by Gasteiger charge is -2.29. The van der Waals surface area contributed by atoms with E-state index >= 15 is 0 Å². The van der Waals surface area contributed by atoms with Crippen molar-refractivity contribution in [1.82, 2.24) is 0 Å². The highest BCUT2D eigenvalue weighted by Gasteiger charge is 2.53. The Morgan fingerprint density at radius 3 is 1.04 bits per heavy atom. The SMILES string of the molecule is CCOC(=O)C(COC(=O)Cc1ccc(O)cc1)(C(=O)OCC)c1ccccc1.CCOC(=O)C(COC(=O)Cc1ccc(OC(=O)c2ccccc2-c2ccc(C(F)(F)F)cc2)cc1)(C(=O)OCC)c1ccccc1.O=C(O)c1ccccc1-c1ccc(C(F)(F)F)cc1. The van der Waals surface area contributed by atoms with E-state index in [1.54, 1.807) is 137 Å². The maximum absolute atomic E-state index is 13.1. The molecule has 0 heterocycles. The number of aromatic hydroxyl groups is 1. The van der Waals surface area contributed by atoms with Crippen molar-refractivity contribution in [3.8, 4) is 33.8 Å². The van der Waals surface area contributed by atoms with Gasteiger partial charge in [0.1, 0.15) is 24.7 Å². The van der Waals surface area contributed by atoms with Crippen molar-refractivity contribution in [3.63, 3.8) is 0 Å². The highest BCUT2D eigenvalue weighted by Crippen LogP contribution is 2.35. The number of ether oxygens (including phenoxy) is 7. The molecule has 0 fully saturated rings. The second kappa shape index (κ2) is 34.0. The number of halogens is 6. The third kappa shape index (κ3) is 19.5. The monoisotopic (exact) mass is 1310 g/mol. The molecule has 496 valence electrons. The molecule has 0 saturated carbocycles. The molecular formula is C72H64F6O17. The van der Waals surface area contributed by atoms with Crippen LogP contribution in [0.1, 0.15) is 81.8 Å². The Balaban J connectivity index is 0.000000251. The van der Waals surface area contributed by atoms with Crippen LogP contribution < -0.4 is 4.74 Å². The second-order valence-electron chi connectivity index (χ2n) is 20.3. The van der Waals surface area contributed by atoms with Gasteiger partial charge in [0, 0.05) is 0 Å². The van der Waals surface area contributed by atoms with Crippen molar-refractivity contribution in [1.29, 1.82) is 0 Å². The van der Waals surface area contributed by atoms with Crippen LogP contribution in [0.3, 0.4) is 0 Å². The lowest BCUT2D eigenvalue weighted by atomic mass is 9.81. The van der Waals surface area contributed by atoms with Gasteiger partial charge in [-0.3, -0.25) is 28.8 Å². The minimum Gasteiger partial charge on any atom is -0.508 e. The van der Waals surface area contributed by atoms with Crippen LogP contribution in [0.5, 0.6) is 11.5 Å². The average molecular weight is 1320 g/mol. The molecule has 0 aromatic heterocycles. The van der Waals surface area contributed by atoms with Crippen molar-refractivity contribution in [2.75, 3.05) is 39.6 Å². The summed E-state index contributed by atoms with van der Waals surface area (Å²) in [4.78, 5) is 101. The maximum atomic E-state index is 13.1. The van der Waals surface area contributed by atoms with E-state index in [1.807, 2.05) is 0 Å². The van der Waals surface area contributed by atoms with E-state index in [2.05, 4.69) is 0 Å². The highest BCUT2D eigenvalue weighted by molar-refractivity contribution is 6.08. The number of hydrogen-bond donors (Lipinski definition) is 2. The number of carboxylic acids is 1. The summed E-state index contributed by atoms with van der Waals surface area (Å²) in [5.41, 5.74) is -2.03. The highest BCUT2D eigenvalue weighted by atomic mass is 19.4. The molecule has 0 unspecified atom stereocenters. The van der Waals surface area contributed by atoms with Gasteiger partial charge in [-0.2, -0.15) is 26.3 Å². The van der Waals surface area contributed by atoms with Gasteiger partial charge in [-0.15, -0.1) is 0 Å². The van der Waals surface area contributed by atoms with Crippen molar-refractivity contribution in [2.24, 2.45) is 0 Å². The number of phenols is 1. The van der Waals surface area contributed by atoms with Gasteiger partial charge in [0.05, 0.1) is 61.5 Å². The number of hydrogen-bond acceptors (Lipinski definition) is 16. The number of carboxylic acid groups (broad SMARTS) is 1. The molecule has 0 atom stereocenters. The molecule has 0 aliphatic carbocycles. The molecule has 2 N–H and O–H groups in total. The molecule has 0 radical (unpaired) electrons. The first-order valence-corrected chi connectivity index (χ1v) is 29.3. The second-order valence-corrected chi connectivity index (χ2v) is 20.3. The van der Waals surface area contributed by atoms with Crippen LogP contribution in [0.4, 0.5) is 26.3 Å². The summed E-state index contributed by atoms with van der Waals surface area (Å²) in [7, 11) is 0. The molecule has 0 aliphatic rings. The normalized spacial score (nSPS) is 11.2. The minimum absolute atomic E-state index is 0.0155. The summed E-state index contributed by atoms with van der Waals surface area (Å²) < 4.78 is 113. The summed E-state index contributed by atoms with van der Waals surface area (Å²) in [6.45, 7) is 5.28. The van der Waals surface area contributed by atoms with Gasteiger partial charge in [-0.25, -0.2) is 9.59 Å². The Hall–Kier alpha value is -11.1. The van der Waals surface area contributed by atoms with Crippen molar-refractivity contribution in [2.45, 2.75) is 63.7 Å². The third-order valence-corrected chi connectivity index (χ3v) is 14.0. The summed E-state index contributed by atoms with van der Waals surface area (Å²) in [6.07, 6.45) is -9.21. The van der Waals surface area contributed by atoms with Gasteiger partial charge >= 0.3 is 60.1 Å². The number of phenolic OH excluding ortho intramolecular Hbond substituents is 1. The Labute approximate surface area is 541 Å². The van der Waals surface area contributed by atoms with Crippen LogP contribution in [-0.2, 0) is 93.2 Å². The zero-order chi connectivity index (χ0) is 69.3. The topological polar surface area (TPSA) is 242 Å². The number of aromatic carboxylic acids is 1. The largest absolute Gasteiger partial charge is 0.508 e. The lowest BCUT2D eigenvalue weighted by molar-refractivity contribution is -0.172. The Morgan fingerprint density at radius 1 is 0.368 bits per heavy atom. The predicted molar refractivity (Wildman–Crippen MR) is 332 cm³/mol. The first-order valence-electron chi connectivity index (χ1n) is 29.3. The predicted octanol–water partition coefficient (Wildman–Crippen LogP) is 13.4. The number of rotatable bonds is 23. The maximum Gasteiger partial charge on any atom is 0.416 e. The first kappa shape index (κ1) is 73.0. The van der Waals surface area contributed by atoms with Crippen molar-refractivity contribution >= 4 is 47.8 Å². The van der Waals surface area contributed by atoms with Crippen LogP contribution in [0.15, 0.2) is 206 Å². The van der Waals surface area contributed by atoms with Crippen LogP contribution in [0.2, 0.25) is 0 Å². The first-order chi connectivity index (χ1) is 45.3. The quantitative estimate of drug-likeness (QED) is 0.0199. The van der Waals surface area contributed by atoms with Crippen LogP contribution >= 0.6 is 0 Å². The summed E-state index contributed by atoms with van der Waals surface area (Å²) in [5, 5.41) is 18.4. The molecule has 0 spiro atoms. The van der Waals surface area contributed by atoms with Gasteiger partial charge in [-0.05, 0) is 133 Å². The van der Waals surface area contributed by atoms with Gasteiger partial charge in [0.2, 0.25) is 10.8 Å². The van der Waals surface area contributed by atoms with E-state index in [1.165, 1.54) is 72.8 Å². The fourth-order valence-electron chi connectivity index (χ4n) is 9.28. The molecule has 0 bridgehead atoms. The Morgan fingerprint density at radius 2 is 0.695 bits per heavy atom. The molecule has 0 amide bonds. The van der Waals surface area contributed by atoms with Crippen LogP contribution in [-0.4, -0.2) is 97.6 Å². The summed E-state index contributed by atoms with van der Waals surface area (Å²) in [6, 6.07) is 49.8. The number of carbonyl (C=O) groups excluding carboxylic acids is 7. The molecule has 0 saturated heterocycles. The molecule has 23 heteroatoms. The van der Waals surface area contributed by atoms with Gasteiger partial charge in [0.15, 0.2) is 0 Å². The van der Waals surface area contributed by atoms with Gasteiger partial charge < -0.3 is 43.4 Å². The van der Waals surface area contributed by atoms with E-state index in [9.17, 15) is 69.8 Å². The van der Waals surface area contributed by atoms with Crippen LogP contribution in [0.25, 0.3) is 22.3 Å². The average Bonchev–Trinajstić information content (AvgIpc) is 0.792. The Kier molecular flexibility index (Phi) is 26.1. The molecule has 0 aliphatic heterocycles. The standard InChI is InChI=1S/C36H31F3O8.C22H24O7.C14H9F3O2/c1-3-44-33(42)35(34(43)45-4-2,26-10-6-5-7-11-26)23-46-31(40)22-24-14-20-28(21-15-24)47-32(41)30-13-9-8-12-29(30)25-16-18-27(19-17-25)36(37,38)39;1-3-27-20(25)22(21(26)28-4-2,17-8-6-5-7-9-17)15-29-19(24)14-16-10-12-18(23)13-11-16;15-14(16,17)10-7-5-9(6-8-10)11-3-1-2-4-12(11)13(18)19/h5-21H,3-4,22-23H2,1-2H3;5-13,23H,3-4,14-15H2,1-2H3;1-8H,(H,18,19). The Bertz CT molecular complexity index is 3860. The van der Waals surface area contributed by atoms with Gasteiger partial charge in [0.25, 0.3) is 0 Å². The zero-order valence-corrected chi connectivity index (χ0v) is 51.6. The smallest absolute Gasteiger partial charge is 0.416 e. The number of carbonyl (C=O) groups is 8. The number of esters is 7. The molecule has 8 aromatic carbocycles. The van der Waals surface area contributed by atoms with E-state index in [0.717, 1.165) is 24.3 Å². The number of alkyl halides is 6. The molecular weight excluding hydrogens is 1250 g/mol. The lowest BCUT2D eigenvalue weighted by Crippen LogP contribution is -2.50. The van der Waals surface area contributed by atoms with Crippen molar-refractivity contribution in [3.05, 3.63) is 251 Å². The third-order valence-electron chi connectivity index (χ3n) is 14.0. The minimum atomic E-state index is -4.49. The zero-order valence-electron chi connectivity index (χ0n) is 51.6. The van der Waals surface area contributed by atoms with Gasteiger partial charge in [-0.1, -0.05) is 146 Å². The molecule has 17 nitrogen and oxygen atoms in total. The molecule has 8 rings (SSSR count). The van der Waals surface area contributed by atoms with Crippen molar-refractivity contribution < 1.29 is 108 Å². The van der Waals surface area contributed by atoms with Crippen LogP contribution in [0, 0.1) is 0 Å². The van der Waals surface area contributed by atoms with E-state index in [4.69, 9.17) is 38.3 Å². The summed E-state index contributed by atoms with van der Waals surface area (Å²) >= 11 is 0. The van der Waals surface area contributed by atoms with E-state index < -0.39 is 95.3 Å². The fraction of sp³-hybridized carbons (Fsp3) is 0.222. The number of benzene rings is 8. The van der Waals surface area contributed by atoms with E-state index in [-0.39, 0.29) is 67.5 Å². The summed E-state index contributed by atoms with van der Waals surface area (Å²) in [5.74, 6) is -6.51. The van der Waals surface area contributed by atoms with E-state index in [0.29, 0.717) is 38.9 Å².